The monoisotopic (exact) mass is 475 g/mol. The highest BCUT2D eigenvalue weighted by atomic mass is 19.4. The van der Waals surface area contributed by atoms with Crippen LogP contribution in [0.25, 0.3) is 0 Å². The minimum atomic E-state index is -4.96. The number of pyridine rings is 1. The van der Waals surface area contributed by atoms with Gasteiger partial charge in [-0.3, -0.25) is 9.59 Å². The number of nitrogens with one attached hydrogen (secondary N) is 1. The van der Waals surface area contributed by atoms with Crippen LogP contribution >= 0.6 is 0 Å². The van der Waals surface area contributed by atoms with E-state index in [0.29, 0.717) is 13.0 Å². The fourth-order valence-corrected chi connectivity index (χ4v) is 3.81. The number of carbonyl (C=O) groups is 2. The number of aromatic hydroxyl groups is 1. The first-order valence-electron chi connectivity index (χ1n) is 9.44. The molecule has 0 spiro atoms. The van der Waals surface area contributed by atoms with Crippen LogP contribution in [0.4, 0.5) is 27.6 Å². The summed E-state index contributed by atoms with van der Waals surface area (Å²) >= 11 is 0. The first-order chi connectivity index (χ1) is 15.2. The molecule has 2 amide bonds. The predicted molar refractivity (Wildman–Crippen MR) is 102 cm³/mol. The van der Waals surface area contributed by atoms with E-state index in [9.17, 15) is 41.9 Å². The number of rotatable bonds is 4. The van der Waals surface area contributed by atoms with E-state index in [1.807, 2.05) is 0 Å². The Morgan fingerprint density at radius 1 is 1.27 bits per heavy atom. The number of carbonyl (C=O) groups excluding carboxylic acids is 2. The molecule has 0 bridgehead atoms. The average molecular weight is 475 g/mol. The second-order valence-electron chi connectivity index (χ2n) is 7.74. The lowest BCUT2D eigenvalue weighted by Gasteiger charge is -2.31. The lowest BCUT2D eigenvalue weighted by Crippen LogP contribution is -2.47. The summed E-state index contributed by atoms with van der Waals surface area (Å²) in [5.74, 6) is -9.71. The highest BCUT2D eigenvalue weighted by Crippen LogP contribution is 2.54. The van der Waals surface area contributed by atoms with Crippen molar-refractivity contribution in [1.29, 1.82) is 0 Å². The topological polar surface area (TPSA) is 129 Å². The van der Waals surface area contributed by atoms with Crippen molar-refractivity contribution < 1.29 is 46.1 Å². The summed E-state index contributed by atoms with van der Waals surface area (Å²) in [5.41, 5.74) is 1.00. The van der Waals surface area contributed by atoms with E-state index in [1.165, 1.54) is 0 Å². The molecular weight excluding hydrogens is 457 g/mol. The first kappa shape index (κ1) is 24.2. The lowest BCUT2D eigenvalue weighted by atomic mass is 9.77. The smallest absolute Gasteiger partial charge is 0.417 e. The number of ether oxygens (including phenoxy) is 1. The van der Waals surface area contributed by atoms with Crippen LogP contribution in [-0.4, -0.2) is 34.8 Å². The maximum absolute atomic E-state index is 14.0. The van der Waals surface area contributed by atoms with E-state index < -0.39 is 70.2 Å². The van der Waals surface area contributed by atoms with Crippen molar-refractivity contribution >= 4 is 17.5 Å². The van der Waals surface area contributed by atoms with Gasteiger partial charge in [-0.1, -0.05) is 13.0 Å². The summed E-state index contributed by atoms with van der Waals surface area (Å²) < 4.78 is 74.2. The highest BCUT2D eigenvalue weighted by Gasteiger charge is 2.65. The number of alkyl halides is 3. The van der Waals surface area contributed by atoms with Crippen LogP contribution in [0, 0.1) is 22.8 Å². The Morgan fingerprint density at radius 2 is 1.91 bits per heavy atom. The zero-order valence-electron chi connectivity index (χ0n) is 17.1. The van der Waals surface area contributed by atoms with Crippen LogP contribution in [-0.2, 0) is 9.53 Å². The fourth-order valence-electron chi connectivity index (χ4n) is 3.81. The zero-order chi connectivity index (χ0) is 24.9. The molecule has 4 N–H and O–H groups in total. The van der Waals surface area contributed by atoms with E-state index in [0.717, 1.165) is 31.3 Å². The molecule has 8 nitrogen and oxygen atoms in total. The molecule has 2 heterocycles. The maximum Gasteiger partial charge on any atom is 0.417 e. The molecule has 4 atom stereocenters. The van der Waals surface area contributed by atoms with Crippen LogP contribution in [0.1, 0.15) is 35.8 Å². The molecule has 3 rings (SSSR count). The van der Waals surface area contributed by atoms with Crippen molar-refractivity contribution in [2.45, 2.75) is 37.6 Å². The molecule has 2 aromatic rings. The Labute approximate surface area is 183 Å². The molecule has 1 aliphatic heterocycles. The predicted octanol–water partition coefficient (Wildman–Crippen LogP) is 2.48. The van der Waals surface area contributed by atoms with Gasteiger partial charge < -0.3 is 26.1 Å². The Kier molecular flexibility index (Phi) is 5.96. The van der Waals surface area contributed by atoms with Gasteiger partial charge in [-0.25, -0.2) is 4.39 Å². The lowest BCUT2D eigenvalue weighted by molar-refractivity contribution is -0.607. The molecule has 1 fully saturated rings. The normalized spacial score (nSPS) is 25.1. The van der Waals surface area contributed by atoms with Gasteiger partial charge in [-0.15, -0.1) is 0 Å². The van der Waals surface area contributed by atoms with Crippen molar-refractivity contribution in [3.63, 3.8) is 0 Å². The second-order valence-corrected chi connectivity index (χ2v) is 7.74. The first-order valence-corrected chi connectivity index (χ1v) is 9.44. The number of aromatic nitrogens is 1. The number of phenols is 1. The van der Waals surface area contributed by atoms with Crippen LogP contribution in [0.5, 0.6) is 5.75 Å². The highest BCUT2D eigenvalue weighted by molar-refractivity contribution is 5.97. The third-order valence-corrected chi connectivity index (χ3v) is 5.83. The van der Waals surface area contributed by atoms with Gasteiger partial charge in [0.05, 0.1) is 5.69 Å². The number of hydrogen-bond donors (Lipinski definition) is 3. The summed E-state index contributed by atoms with van der Waals surface area (Å²) in [6.45, 7) is 1.79. The molecule has 0 aliphatic carbocycles. The van der Waals surface area contributed by atoms with Gasteiger partial charge in [0, 0.05) is 29.5 Å². The maximum atomic E-state index is 14.0. The van der Waals surface area contributed by atoms with Crippen molar-refractivity contribution in [3.05, 3.63) is 58.6 Å². The van der Waals surface area contributed by atoms with Crippen LogP contribution in [0.2, 0.25) is 0 Å². The van der Waals surface area contributed by atoms with Crippen molar-refractivity contribution in [3.8, 4) is 5.75 Å². The van der Waals surface area contributed by atoms with E-state index in [-0.39, 0.29) is 10.4 Å². The summed E-state index contributed by atoms with van der Waals surface area (Å²) in [6, 6.07) is 3.44. The number of nitrogens with two attached hydrogens (primary N) is 1. The van der Waals surface area contributed by atoms with Crippen LogP contribution < -0.4 is 15.8 Å². The third kappa shape index (κ3) is 4.03. The van der Waals surface area contributed by atoms with Gasteiger partial charge >= 0.3 is 12.1 Å². The molecule has 13 heteroatoms. The molecule has 0 saturated carbocycles. The Hall–Kier alpha value is -3.48. The Balaban J connectivity index is 2.05. The summed E-state index contributed by atoms with van der Waals surface area (Å²) in [4.78, 5) is 24.3. The average Bonchev–Trinajstić information content (AvgIpc) is 3.00. The van der Waals surface area contributed by atoms with Crippen molar-refractivity contribution in [2.24, 2.45) is 11.7 Å². The Bertz CT molecular complexity index is 1130. The number of benzene rings is 1. The number of anilines is 1. The number of phenolic OH excluding ortho intramolecular Hbond substituents is 1. The zero-order valence-corrected chi connectivity index (χ0v) is 17.1. The molecule has 1 aromatic carbocycles. The fraction of sp³-hybridized carbons (Fsp3) is 0.350. The van der Waals surface area contributed by atoms with Crippen LogP contribution in [0.3, 0.4) is 0 Å². The number of nitrogens with zero attached hydrogens (tertiary/aromatic N) is 1. The molecule has 1 aliphatic rings. The summed E-state index contributed by atoms with van der Waals surface area (Å²) in [7, 11) is 0. The van der Waals surface area contributed by atoms with Crippen molar-refractivity contribution in [2.75, 3.05) is 5.32 Å². The number of amides is 2. The molecule has 0 radical (unpaired) electrons. The van der Waals surface area contributed by atoms with E-state index >= 15 is 0 Å². The third-order valence-electron chi connectivity index (χ3n) is 5.83. The minimum absolute atomic E-state index is 0.120. The van der Waals surface area contributed by atoms with E-state index in [4.69, 9.17) is 10.5 Å². The van der Waals surface area contributed by atoms with E-state index in [1.54, 1.807) is 0 Å². The van der Waals surface area contributed by atoms with Gasteiger partial charge in [0.25, 0.3) is 11.6 Å². The quantitative estimate of drug-likeness (QED) is 0.356. The van der Waals surface area contributed by atoms with Gasteiger partial charge in [0.2, 0.25) is 5.82 Å². The van der Waals surface area contributed by atoms with Crippen LogP contribution in [0.15, 0.2) is 30.5 Å². The second kappa shape index (κ2) is 8.14. The molecule has 33 heavy (non-hydrogen) atoms. The number of halogens is 5. The number of primary amides is 1. The summed E-state index contributed by atoms with van der Waals surface area (Å²) in [5, 5.41) is 23.9. The standard InChI is InChI=1S/C20H18F5N3O5/c1-8-13(10-3-4-11(21)14(22)15(10)29)16(33-19(8,2)20(23,24)25)18(31)27-9-5-6-28(32)12(7-9)17(26)30/h3-8,13,16,29H,1-2H3,(H2,26,30)(H,27,31)/t8-,13-,16+,19-/m0/s1. The molecule has 0 unspecified atom stereocenters. The molecule has 1 aromatic heterocycles. The Morgan fingerprint density at radius 3 is 2.48 bits per heavy atom. The van der Waals surface area contributed by atoms with Gasteiger partial charge in [0.15, 0.2) is 23.4 Å². The largest absolute Gasteiger partial charge is 0.618 e. The van der Waals surface area contributed by atoms with Crippen molar-refractivity contribution in [1.82, 2.24) is 0 Å². The molecule has 1 saturated heterocycles. The minimum Gasteiger partial charge on any atom is -0.618 e. The SMILES string of the molecule is C[C@H]1[C@@H](c2ccc(F)c(F)c2O)[C@H](C(=O)Nc2cc[n+]([O-])c(C(N)=O)c2)O[C@]1(C)C(F)(F)F. The summed E-state index contributed by atoms with van der Waals surface area (Å²) in [6.07, 6.45) is -6.04. The molecule has 178 valence electrons. The van der Waals surface area contributed by atoms with E-state index in [2.05, 4.69) is 5.32 Å². The number of hydrogen-bond acceptors (Lipinski definition) is 5. The van der Waals surface area contributed by atoms with Gasteiger partial charge in [-0.05, 0) is 13.0 Å². The van der Waals surface area contributed by atoms with Gasteiger partial charge in [-0.2, -0.15) is 22.3 Å². The molecular formula is C20H18F5N3O5. The van der Waals surface area contributed by atoms with Gasteiger partial charge in [0.1, 0.15) is 6.10 Å².